The smallest absolute Gasteiger partial charge is 0.242 e. The van der Waals surface area contributed by atoms with Crippen molar-refractivity contribution in [3.05, 3.63) is 77.3 Å². The fraction of sp³-hybridized carbons (Fsp3) is 0.150. The average molecular weight is 352 g/mol. The van der Waals surface area contributed by atoms with Gasteiger partial charge < -0.3 is 5.32 Å². The first-order valence-electron chi connectivity index (χ1n) is 8.26. The predicted molar refractivity (Wildman–Crippen MR) is 101 cm³/mol. The van der Waals surface area contributed by atoms with Gasteiger partial charge in [-0.15, -0.1) is 0 Å². The number of amides is 1. The molecule has 4 rings (SSSR count). The van der Waals surface area contributed by atoms with Crippen LogP contribution in [0.3, 0.4) is 0 Å². The molecule has 1 aliphatic heterocycles. The Morgan fingerprint density at radius 2 is 1.80 bits per heavy atom. The van der Waals surface area contributed by atoms with Crippen molar-refractivity contribution in [1.82, 2.24) is 10.9 Å². The van der Waals surface area contributed by atoms with E-state index in [1.54, 1.807) is 12.1 Å². The van der Waals surface area contributed by atoms with Crippen molar-refractivity contribution in [2.75, 3.05) is 5.32 Å². The third-order valence-corrected chi connectivity index (χ3v) is 4.75. The molecule has 3 aromatic carbocycles. The molecule has 2 unspecified atom stereocenters. The maximum atomic E-state index is 12.5. The van der Waals surface area contributed by atoms with E-state index in [0.29, 0.717) is 17.1 Å². The van der Waals surface area contributed by atoms with Crippen LogP contribution in [0.5, 0.6) is 0 Å². The molecule has 0 saturated carbocycles. The van der Waals surface area contributed by atoms with Gasteiger partial charge in [0.1, 0.15) is 6.04 Å². The molecular formula is C20H18ClN3O. The predicted octanol–water partition coefficient (Wildman–Crippen LogP) is 4.04. The van der Waals surface area contributed by atoms with E-state index in [1.807, 2.05) is 24.3 Å². The van der Waals surface area contributed by atoms with Crippen molar-refractivity contribution in [3.8, 4) is 0 Å². The zero-order valence-electron chi connectivity index (χ0n) is 13.5. The highest BCUT2D eigenvalue weighted by Gasteiger charge is 2.30. The van der Waals surface area contributed by atoms with Gasteiger partial charge in [0.05, 0.1) is 0 Å². The quantitative estimate of drug-likeness (QED) is 0.667. The summed E-state index contributed by atoms with van der Waals surface area (Å²) in [6, 6.07) is 21.5. The summed E-state index contributed by atoms with van der Waals surface area (Å²) in [5.74, 6) is -0.0718. The molecular weight excluding hydrogens is 334 g/mol. The van der Waals surface area contributed by atoms with Gasteiger partial charge in [-0.1, -0.05) is 60.1 Å². The summed E-state index contributed by atoms with van der Waals surface area (Å²) in [6.45, 7) is 0. The minimum Gasteiger partial charge on any atom is -0.325 e. The van der Waals surface area contributed by atoms with E-state index in [1.165, 1.54) is 16.3 Å². The van der Waals surface area contributed by atoms with Crippen LogP contribution in [0.4, 0.5) is 5.69 Å². The van der Waals surface area contributed by atoms with E-state index in [9.17, 15) is 4.79 Å². The Labute approximate surface area is 151 Å². The summed E-state index contributed by atoms with van der Waals surface area (Å²) in [5, 5.41) is 5.92. The number of hydrazine groups is 1. The highest BCUT2D eigenvalue weighted by Crippen LogP contribution is 2.29. The summed E-state index contributed by atoms with van der Waals surface area (Å²) in [4.78, 5) is 12.5. The Hall–Kier alpha value is -2.40. The van der Waals surface area contributed by atoms with Gasteiger partial charge in [0.2, 0.25) is 5.91 Å². The lowest BCUT2D eigenvalue weighted by Crippen LogP contribution is -2.39. The largest absolute Gasteiger partial charge is 0.325 e. The van der Waals surface area contributed by atoms with Crippen LogP contribution < -0.4 is 16.2 Å². The monoisotopic (exact) mass is 351 g/mol. The molecule has 3 aromatic rings. The second kappa shape index (κ2) is 6.84. The van der Waals surface area contributed by atoms with E-state index in [2.05, 4.69) is 46.5 Å². The van der Waals surface area contributed by atoms with Crippen molar-refractivity contribution >= 4 is 34.0 Å². The number of hydrogen-bond donors (Lipinski definition) is 3. The number of anilines is 1. The third-order valence-electron chi connectivity index (χ3n) is 4.51. The van der Waals surface area contributed by atoms with Crippen LogP contribution in [0, 0.1) is 0 Å². The van der Waals surface area contributed by atoms with Crippen LogP contribution in [0.2, 0.25) is 5.02 Å². The van der Waals surface area contributed by atoms with Crippen LogP contribution >= 0.6 is 11.6 Å². The molecule has 2 atom stereocenters. The molecule has 126 valence electrons. The van der Waals surface area contributed by atoms with Crippen LogP contribution in [0.1, 0.15) is 18.0 Å². The van der Waals surface area contributed by atoms with Crippen LogP contribution in [0.15, 0.2) is 66.7 Å². The topological polar surface area (TPSA) is 53.2 Å². The Morgan fingerprint density at radius 1 is 1.00 bits per heavy atom. The van der Waals surface area contributed by atoms with Gasteiger partial charge in [-0.2, -0.15) is 0 Å². The standard InChI is InChI=1S/C20H18ClN3O/c21-14-7-4-8-15(11-14)22-20(25)19-12-18(23-24-19)17-10-3-6-13-5-1-2-9-16(13)17/h1-11,18-19,23-24H,12H2,(H,22,25). The van der Waals surface area contributed by atoms with Crippen molar-refractivity contribution in [2.24, 2.45) is 0 Å². The first-order valence-corrected chi connectivity index (χ1v) is 8.64. The van der Waals surface area contributed by atoms with Gasteiger partial charge in [0, 0.05) is 16.8 Å². The Morgan fingerprint density at radius 3 is 2.68 bits per heavy atom. The number of halogens is 1. The first-order chi connectivity index (χ1) is 12.2. The molecule has 0 bridgehead atoms. The summed E-state index contributed by atoms with van der Waals surface area (Å²) in [5.41, 5.74) is 8.27. The van der Waals surface area contributed by atoms with Gasteiger partial charge in [0.15, 0.2) is 0 Å². The second-order valence-electron chi connectivity index (χ2n) is 6.20. The molecule has 0 aliphatic carbocycles. The molecule has 5 heteroatoms. The van der Waals surface area contributed by atoms with Crippen molar-refractivity contribution in [1.29, 1.82) is 0 Å². The zero-order valence-corrected chi connectivity index (χ0v) is 14.3. The molecule has 0 radical (unpaired) electrons. The number of carbonyl (C=O) groups excluding carboxylic acids is 1. The summed E-state index contributed by atoms with van der Waals surface area (Å²) < 4.78 is 0. The first kappa shape index (κ1) is 16.1. The van der Waals surface area contributed by atoms with E-state index in [0.717, 1.165) is 0 Å². The van der Waals surface area contributed by atoms with Crippen molar-refractivity contribution < 1.29 is 4.79 Å². The van der Waals surface area contributed by atoms with Gasteiger partial charge in [-0.05, 0) is 41.0 Å². The van der Waals surface area contributed by atoms with Crippen molar-refractivity contribution in [2.45, 2.75) is 18.5 Å². The van der Waals surface area contributed by atoms with Gasteiger partial charge in [-0.3, -0.25) is 4.79 Å². The zero-order chi connectivity index (χ0) is 17.2. The number of carbonyl (C=O) groups is 1. The molecule has 3 N–H and O–H groups in total. The molecule has 1 saturated heterocycles. The molecule has 1 heterocycles. The lowest BCUT2D eigenvalue weighted by Gasteiger charge is -2.13. The highest BCUT2D eigenvalue weighted by atomic mass is 35.5. The van der Waals surface area contributed by atoms with E-state index in [4.69, 9.17) is 11.6 Å². The fourth-order valence-corrected chi connectivity index (χ4v) is 3.47. The summed E-state index contributed by atoms with van der Waals surface area (Å²) >= 11 is 5.97. The SMILES string of the molecule is O=C(Nc1cccc(Cl)c1)C1CC(c2cccc3ccccc23)NN1. The average Bonchev–Trinajstić information content (AvgIpc) is 3.11. The van der Waals surface area contributed by atoms with Gasteiger partial charge >= 0.3 is 0 Å². The number of fused-ring (bicyclic) bond motifs is 1. The molecule has 4 nitrogen and oxygen atoms in total. The third kappa shape index (κ3) is 3.37. The maximum absolute atomic E-state index is 12.5. The minimum absolute atomic E-state index is 0.0718. The molecule has 25 heavy (non-hydrogen) atoms. The highest BCUT2D eigenvalue weighted by molar-refractivity contribution is 6.30. The number of benzene rings is 3. The minimum atomic E-state index is -0.303. The lowest BCUT2D eigenvalue weighted by atomic mass is 9.96. The van der Waals surface area contributed by atoms with Gasteiger partial charge in [-0.25, -0.2) is 10.9 Å². The molecule has 0 aromatic heterocycles. The molecule has 1 aliphatic rings. The summed E-state index contributed by atoms with van der Waals surface area (Å²) in [6.07, 6.45) is 0.681. The maximum Gasteiger partial charge on any atom is 0.242 e. The van der Waals surface area contributed by atoms with E-state index in [-0.39, 0.29) is 18.0 Å². The Balaban J connectivity index is 1.50. The second-order valence-corrected chi connectivity index (χ2v) is 6.63. The van der Waals surface area contributed by atoms with E-state index >= 15 is 0 Å². The lowest BCUT2D eigenvalue weighted by molar-refractivity contribution is -0.117. The number of rotatable bonds is 3. The number of hydrogen-bond acceptors (Lipinski definition) is 3. The van der Waals surface area contributed by atoms with Crippen LogP contribution in [0.25, 0.3) is 10.8 Å². The fourth-order valence-electron chi connectivity index (χ4n) is 3.28. The van der Waals surface area contributed by atoms with Crippen LogP contribution in [-0.2, 0) is 4.79 Å². The van der Waals surface area contributed by atoms with Gasteiger partial charge in [0.25, 0.3) is 0 Å². The normalized spacial score (nSPS) is 19.9. The Kier molecular flexibility index (Phi) is 4.40. The molecule has 0 spiro atoms. The summed E-state index contributed by atoms with van der Waals surface area (Å²) in [7, 11) is 0. The molecule has 1 amide bonds. The molecule has 1 fully saturated rings. The van der Waals surface area contributed by atoms with Crippen LogP contribution in [-0.4, -0.2) is 11.9 Å². The number of nitrogens with one attached hydrogen (secondary N) is 3. The van der Waals surface area contributed by atoms with E-state index < -0.39 is 0 Å². The Bertz CT molecular complexity index is 922. The van der Waals surface area contributed by atoms with Crippen molar-refractivity contribution in [3.63, 3.8) is 0 Å².